The summed E-state index contributed by atoms with van der Waals surface area (Å²) in [5.74, 6) is -0.891. The summed E-state index contributed by atoms with van der Waals surface area (Å²) < 4.78 is 14.6. The molecule has 0 radical (unpaired) electrons. The highest BCUT2D eigenvalue weighted by atomic mass is 19.1. The van der Waals surface area contributed by atoms with E-state index in [0.717, 1.165) is 61.5 Å². The molecule has 0 saturated carbocycles. The molecule has 2 fully saturated rings. The minimum Gasteiger partial charge on any atom is -0.381 e. The third-order valence-corrected chi connectivity index (χ3v) is 6.77. The molecule has 0 aromatic carbocycles. The molecule has 11 heteroatoms. The van der Waals surface area contributed by atoms with Gasteiger partial charge in [0.25, 0.3) is 5.91 Å². The van der Waals surface area contributed by atoms with Crippen LogP contribution in [0.4, 0.5) is 21.6 Å². The lowest BCUT2D eigenvalue weighted by molar-refractivity contribution is -0.136. The molecule has 0 unspecified atom stereocenters. The fourth-order valence-electron chi connectivity index (χ4n) is 4.95. The number of piperidine rings is 2. The Labute approximate surface area is 189 Å². The highest BCUT2D eigenvalue weighted by Crippen LogP contribution is 2.41. The SMILES string of the molecule is CN1CC2(CCC1=O)CCN(c1ccncc1NC(=O)c1c(N)nn3cc(F)cnc13)CC2. The van der Waals surface area contributed by atoms with Crippen molar-refractivity contribution < 1.29 is 14.0 Å². The molecule has 3 aromatic rings. The lowest BCUT2D eigenvalue weighted by atomic mass is 9.72. The van der Waals surface area contributed by atoms with Crippen LogP contribution in [-0.4, -0.2) is 63.0 Å². The van der Waals surface area contributed by atoms with Crippen LogP contribution in [0.5, 0.6) is 0 Å². The number of nitrogen functional groups attached to an aromatic ring is 1. The van der Waals surface area contributed by atoms with E-state index in [2.05, 4.69) is 25.3 Å². The maximum absolute atomic E-state index is 13.5. The summed E-state index contributed by atoms with van der Waals surface area (Å²) in [6, 6.07) is 1.87. The van der Waals surface area contributed by atoms with Crippen molar-refractivity contribution in [1.29, 1.82) is 0 Å². The van der Waals surface area contributed by atoms with Crippen molar-refractivity contribution in [2.75, 3.05) is 42.6 Å². The van der Waals surface area contributed by atoms with Gasteiger partial charge in [-0.05, 0) is 30.7 Å². The number of carbonyl (C=O) groups excluding carboxylic acids is 2. The first-order valence-corrected chi connectivity index (χ1v) is 10.9. The maximum Gasteiger partial charge on any atom is 0.263 e. The molecule has 2 amide bonds. The van der Waals surface area contributed by atoms with Crippen LogP contribution in [0.1, 0.15) is 36.0 Å². The Morgan fingerprint density at radius 2 is 2.03 bits per heavy atom. The van der Waals surface area contributed by atoms with Gasteiger partial charge in [0.2, 0.25) is 5.91 Å². The zero-order chi connectivity index (χ0) is 23.2. The maximum atomic E-state index is 13.5. The number of nitrogens with two attached hydrogens (primary N) is 1. The molecule has 10 nitrogen and oxygen atoms in total. The number of rotatable bonds is 3. The Bertz CT molecular complexity index is 1230. The molecular formula is C22H25FN8O2. The number of hydrogen-bond donors (Lipinski definition) is 2. The summed E-state index contributed by atoms with van der Waals surface area (Å²) in [5.41, 5.74) is 7.75. The first-order chi connectivity index (χ1) is 15.8. The number of halogens is 1. The number of anilines is 3. The minimum atomic E-state index is -0.581. The standard InChI is InChI=1S/C22H25FN8O2/c1-29-13-22(4-2-17(29)32)5-8-30(9-6-22)16-3-7-25-11-15(16)27-21(33)18-19(24)28-31-12-14(23)10-26-20(18)31/h3,7,10-12H,2,4-6,8-9,13H2,1H3,(H2,24,28)(H,27,33). The van der Waals surface area contributed by atoms with Crippen molar-refractivity contribution in [3.05, 3.63) is 42.2 Å². The molecule has 33 heavy (non-hydrogen) atoms. The summed E-state index contributed by atoms with van der Waals surface area (Å²) >= 11 is 0. The lowest BCUT2D eigenvalue weighted by Crippen LogP contribution is -2.50. The first-order valence-electron chi connectivity index (χ1n) is 10.9. The molecular weight excluding hydrogens is 427 g/mol. The van der Waals surface area contributed by atoms with Gasteiger partial charge in [0.1, 0.15) is 5.56 Å². The highest BCUT2D eigenvalue weighted by Gasteiger charge is 2.40. The highest BCUT2D eigenvalue weighted by molar-refractivity contribution is 6.12. The van der Waals surface area contributed by atoms with Gasteiger partial charge >= 0.3 is 0 Å². The number of carbonyl (C=O) groups is 2. The van der Waals surface area contributed by atoms with E-state index < -0.39 is 11.7 Å². The average Bonchev–Trinajstić information content (AvgIpc) is 3.12. The number of nitrogens with one attached hydrogen (secondary N) is 1. The van der Waals surface area contributed by atoms with Crippen LogP contribution < -0.4 is 16.0 Å². The third-order valence-electron chi connectivity index (χ3n) is 6.77. The van der Waals surface area contributed by atoms with Gasteiger partial charge in [-0.3, -0.25) is 14.6 Å². The van der Waals surface area contributed by atoms with Crippen molar-refractivity contribution in [2.45, 2.75) is 25.7 Å². The summed E-state index contributed by atoms with van der Waals surface area (Å²) in [5, 5.41) is 6.86. The Kier molecular flexibility index (Phi) is 5.10. The molecule has 0 atom stereocenters. The molecule has 0 aliphatic carbocycles. The van der Waals surface area contributed by atoms with Crippen molar-refractivity contribution >= 4 is 34.7 Å². The molecule has 5 heterocycles. The van der Waals surface area contributed by atoms with E-state index in [1.807, 2.05) is 18.0 Å². The Balaban J connectivity index is 1.35. The molecule has 0 bridgehead atoms. The van der Waals surface area contributed by atoms with E-state index in [9.17, 15) is 14.0 Å². The van der Waals surface area contributed by atoms with Crippen LogP contribution in [0.15, 0.2) is 30.9 Å². The topological polar surface area (TPSA) is 122 Å². The van der Waals surface area contributed by atoms with Gasteiger partial charge in [-0.2, -0.15) is 0 Å². The molecule has 3 N–H and O–H groups in total. The van der Waals surface area contributed by atoms with Gasteiger partial charge in [0.05, 0.1) is 30.0 Å². The van der Waals surface area contributed by atoms with E-state index in [1.54, 1.807) is 12.4 Å². The second kappa shape index (κ2) is 7.98. The summed E-state index contributed by atoms with van der Waals surface area (Å²) in [6.45, 7) is 2.42. The zero-order valence-corrected chi connectivity index (χ0v) is 18.3. The predicted octanol–water partition coefficient (Wildman–Crippen LogP) is 1.94. The predicted molar refractivity (Wildman–Crippen MR) is 120 cm³/mol. The number of pyridine rings is 1. The van der Waals surface area contributed by atoms with Crippen molar-refractivity contribution in [3.8, 4) is 0 Å². The number of likely N-dealkylation sites (tertiary alicyclic amines) is 1. The second-order valence-corrected chi connectivity index (χ2v) is 8.88. The fourth-order valence-corrected chi connectivity index (χ4v) is 4.95. The largest absolute Gasteiger partial charge is 0.381 e. The van der Waals surface area contributed by atoms with Gasteiger partial charge in [-0.25, -0.2) is 13.9 Å². The van der Waals surface area contributed by atoms with Crippen LogP contribution in [0.3, 0.4) is 0 Å². The number of fused-ring (bicyclic) bond motifs is 1. The molecule has 2 aliphatic heterocycles. The monoisotopic (exact) mass is 452 g/mol. The molecule has 172 valence electrons. The van der Waals surface area contributed by atoms with Gasteiger partial charge in [0.15, 0.2) is 17.3 Å². The summed E-state index contributed by atoms with van der Waals surface area (Å²) in [6.07, 6.45) is 8.88. The van der Waals surface area contributed by atoms with Crippen LogP contribution in [0.25, 0.3) is 5.65 Å². The third kappa shape index (κ3) is 3.83. The van der Waals surface area contributed by atoms with E-state index >= 15 is 0 Å². The normalized spacial score (nSPS) is 18.2. The Morgan fingerprint density at radius 1 is 1.24 bits per heavy atom. The van der Waals surface area contributed by atoms with Crippen LogP contribution >= 0.6 is 0 Å². The van der Waals surface area contributed by atoms with Gasteiger partial charge in [-0.15, -0.1) is 5.10 Å². The van der Waals surface area contributed by atoms with Crippen LogP contribution in [0, 0.1) is 11.2 Å². The van der Waals surface area contributed by atoms with Gasteiger partial charge < -0.3 is 20.9 Å². The van der Waals surface area contributed by atoms with E-state index in [1.165, 1.54) is 0 Å². The minimum absolute atomic E-state index is 0.0353. The van der Waals surface area contributed by atoms with Crippen LogP contribution in [0.2, 0.25) is 0 Å². The quantitative estimate of drug-likeness (QED) is 0.623. The smallest absolute Gasteiger partial charge is 0.263 e. The molecule has 3 aromatic heterocycles. The van der Waals surface area contributed by atoms with Gasteiger partial charge in [0, 0.05) is 39.3 Å². The van der Waals surface area contributed by atoms with E-state index in [0.29, 0.717) is 12.1 Å². The molecule has 2 aliphatic rings. The summed E-state index contributed by atoms with van der Waals surface area (Å²) in [4.78, 5) is 37.2. The second-order valence-electron chi connectivity index (χ2n) is 8.88. The van der Waals surface area contributed by atoms with Crippen molar-refractivity contribution in [3.63, 3.8) is 0 Å². The van der Waals surface area contributed by atoms with Crippen LogP contribution in [-0.2, 0) is 4.79 Å². The Hall–Kier alpha value is -3.76. The number of nitrogens with zero attached hydrogens (tertiary/aromatic N) is 6. The van der Waals surface area contributed by atoms with Crippen molar-refractivity contribution in [1.82, 2.24) is 24.5 Å². The van der Waals surface area contributed by atoms with E-state index in [-0.39, 0.29) is 28.4 Å². The first kappa shape index (κ1) is 21.1. The molecule has 5 rings (SSSR count). The average molecular weight is 452 g/mol. The fraction of sp³-hybridized carbons (Fsp3) is 0.409. The number of amides is 2. The number of hydrogen-bond acceptors (Lipinski definition) is 7. The Morgan fingerprint density at radius 3 is 2.79 bits per heavy atom. The van der Waals surface area contributed by atoms with E-state index in [4.69, 9.17) is 5.73 Å². The number of aromatic nitrogens is 4. The lowest BCUT2D eigenvalue weighted by Gasteiger charge is -2.47. The van der Waals surface area contributed by atoms with Crippen molar-refractivity contribution in [2.24, 2.45) is 5.41 Å². The summed E-state index contributed by atoms with van der Waals surface area (Å²) in [7, 11) is 1.88. The zero-order valence-electron chi connectivity index (χ0n) is 18.3. The molecule has 2 saturated heterocycles. The molecule has 1 spiro atoms. The van der Waals surface area contributed by atoms with Gasteiger partial charge in [-0.1, -0.05) is 0 Å².